The molecule has 3 aromatic rings. The number of fused-ring (bicyclic) bond motifs is 2. The van der Waals surface area contributed by atoms with Crippen LogP contribution in [-0.4, -0.2) is 18.4 Å². The van der Waals surface area contributed by atoms with Crippen molar-refractivity contribution < 1.29 is 18.7 Å². The maximum atomic E-state index is 12.3. The zero-order chi connectivity index (χ0) is 18.1. The van der Waals surface area contributed by atoms with Crippen LogP contribution in [0.15, 0.2) is 57.7 Å². The van der Waals surface area contributed by atoms with E-state index in [1.54, 1.807) is 30.3 Å². The number of esters is 1. The van der Waals surface area contributed by atoms with Crippen molar-refractivity contribution in [3.63, 3.8) is 0 Å². The van der Waals surface area contributed by atoms with Gasteiger partial charge in [-0.05, 0) is 48.6 Å². The molecule has 0 atom stereocenters. The van der Waals surface area contributed by atoms with Crippen molar-refractivity contribution in [3.8, 4) is 0 Å². The Morgan fingerprint density at radius 3 is 2.69 bits per heavy atom. The summed E-state index contributed by atoms with van der Waals surface area (Å²) in [5.74, 6) is -1.32. The van der Waals surface area contributed by atoms with E-state index < -0.39 is 12.6 Å². The number of Topliss-reactive ketones (excluding diaryl/α,β-unsaturated/α-hetero) is 1. The first kappa shape index (κ1) is 16.3. The second-order valence-corrected chi connectivity index (χ2v) is 6.31. The fourth-order valence-corrected chi connectivity index (χ4v) is 3.24. The number of hydrogen-bond donors (Lipinski definition) is 0. The molecule has 5 nitrogen and oxygen atoms in total. The van der Waals surface area contributed by atoms with E-state index in [0.717, 1.165) is 25.3 Å². The van der Waals surface area contributed by atoms with E-state index in [0.29, 0.717) is 16.5 Å². The van der Waals surface area contributed by atoms with Gasteiger partial charge in [-0.1, -0.05) is 24.3 Å². The predicted molar refractivity (Wildman–Crippen MR) is 95.6 cm³/mol. The Bertz CT molecular complexity index is 1080. The Labute approximate surface area is 149 Å². The Balaban J connectivity index is 1.48. The van der Waals surface area contributed by atoms with Gasteiger partial charge in [-0.15, -0.1) is 0 Å². The molecule has 0 amide bonds. The number of para-hydroxylation sites is 1. The van der Waals surface area contributed by atoms with Gasteiger partial charge in [-0.3, -0.25) is 9.59 Å². The molecular weight excluding hydrogens is 332 g/mol. The van der Waals surface area contributed by atoms with E-state index >= 15 is 0 Å². The van der Waals surface area contributed by atoms with Gasteiger partial charge in [0, 0.05) is 11.6 Å². The van der Waals surface area contributed by atoms with Crippen molar-refractivity contribution >= 4 is 22.7 Å². The second-order valence-electron chi connectivity index (χ2n) is 6.31. The molecule has 0 saturated carbocycles. The standard InChI is InChI=1S/C21H16O5/c22-17-11-20(26-19-7-2-1-6-16(17)19)21(24)25-12-18(23)15-9-8-13-4-3-5-14(13)10-15/h1-2,6-11H,3-5,12H2. The van der Waals surface area contributed by atoms with Crippen LogP contribution in [0, 0.1) is 0 Å². The van der Waals surface area contributed by atoms with Gasteiger partial charge in [0.25, 0.3) is 0 Å². The molecule has 5 heteroatoms. The molecule has 0 bridgehead atoms. The first-order valence-electron chi connectivity index (χ1n) is 8.47. The molecule has 130 valence electrons. The summed E-state index contributed by atoms with van der Waals surface area (Å²) in [5, 5.41) is 0.387. The number of benzene rings is 2. The van der Waals surface area contributed by atoms with Crippen molar-refractivity contribution in [2.45, 2.75) is 19.3 Å². The lowest BCUT2D eigenvalue weighted by atomic mass is 10.0. The van der Waals surface area contributed by atoms with Crippen molar-refractivity contribution in [2.75, 3.05) is 6.61 Å². The molecule has 0 fully saturated rings. The molecule has 1 aliphatic carbocycles. The second kappa shape index (κ2) is 6.59. The Morgan fingerprint density at radius 1 is 1.00 bits per heavy atom. The maximum absolute atomic E-state index is 12.3. The molecule has 1 aliphatic rings. The van der Waals surface area contributed by atoms with Gasteiger partial charge < -0.3 is 9.15 Å². The third-order valence-electron chi connectivity index (χ3n) is 4.59. The lowest BCUT2D eigenvalue weighted by molar-refractivity contribution is 0.0444. The van der Waals surface area contributed by atoms with E-state index in [9.17, 15) is 14.4 Å². The Hall–Kier alpha value is -3.21. The summed E-state index contributed by atoms with van der Waals surface area (Å²) in [6, 6.07) is 13.3. The molecule has 26 heavy (non-hydrogen) atoms. The molecule has 0 radical (unpaired) electrons. The van der Waals surface area contributed by atoms with Crippen LogP contribution < -0.4 is 5.43 Å². The fraction of sp³-hybridized carbons (Fsp3) is 0.190. The molecule has 4 rings (SSSR count). The van der Waals surface area contributed by atoms with Crippen molar-refractivity contribution in [1.29, 1.82) is 0 Å². The average Bonchev–Trinajstić information content (AvgIpc) is 3.13. The largest absolute Gasteiger partial charge is 0.451 e. The molecule has 1 heterocycles. The van der Waals surface area contributed by atoms with E-state index in [-0.39, 0.29) is 17.0 Å². The molecule has 0 unspecified atom stereocenters. The topological polar surface area (TPSA) is 73.6 Å². The van der Waals surface area contributed by atoms with E-state index in [4.69, 9.17) is 9.15 Å². The molecular formula is C21H16O5. The first-order chi connectivity index (χ1) is 12.6. The van der Waals surface area contributed by atoms with Gasteiger partial charge in [-0.2, -0.15) is 0 Å². The molecule has 2 aromatic carbocycles. The Kier molecular flexibility index (Phi) is 4.13. The summed E-state index contributed by atoms with van der Waals surface area (Å²) in [6.45, 7) is -0.395. The molecule has 0 N–H and O–H groups in total. The number of carbonyl (C=O) groups excluding carboxylic acids is 2. The lowest BCUT2D eigenvalue weighted by Gasteiger charge is -2.06. The first-order valence-corrected chi connectivity index (χ1v) is 8.47. The van der Waals surface area contributed by atoms with Crippen LogP contribution in [0.1, 0.15) is 38.5 Å². The minimum Gasteiger partial charge on any atom is -0.451 e. The number of ether oxygens (including phenoxy) is 1. The summed E-state index contributed by atoms with van der Waals surface area (Å²) >= 11 is 0. The monoisotopic (exact) mass is 348 g/mol. The number of carbonyl (C=O) groups is 2. The predicted octanol–water partition coefficient (Wildman–Crippen LogP) is 3.32. The lowest BCUT2D eigenvalue weighted by Crippen LogP contribution is -2.16. The SMILES string of the molecule is O=C(COC(=O)c1cc(=O)c2ccccc2o1)c1ccc2c(c1)CCC2. The van der Waals surface area contributed by atoms with Gasteiger partial charge >= 0.3 is 5.97 Å². The highest BCUT2D eigenvalue weighted by Crippen LogP contribution is 2.23. The quantitative estimate of drug-likeness (QED) is 0.534. The zero-order valence-electron chi connectivity index (χ0n) is 14.0. The number of rotatable bonds is 4. The van der Waals surface area contributed by atoms with Crippen LogP contribution in [0.25, 0.3) is 11.0 Å². The molecule has 0 saturated heterocycles. The highest BCUT2D eigenvalue weighted by molar-refractivity contribution is 5.99. The number of ketones is 1. The smallest absolute Gasteiger partial charge is 0.374 e. The van der Waals surface area contributed by atoms with Crippen LogP contribution in [0.2, 0.25) is 0 Å². The van der Waals surface area contributed by atoms with Crippen molar-refractivity contribution in [2.24, 2.45) is 0 Å². The van der Waals surface area contributed by atoms with Gasteiger partial charge in [0.1, 0.15) is 5.58 Å². The van der Waals surface area contributed by atoms with E-state index in [1.807, 2.05) is 12.1 Å². The normalized spacial score (nSPS) is 12.8. The zero-order valence-corrected chi connectivity index (χ0v) is 14.0. The van der Waals surface area contributed by atoms with Crippen molar-refractivity contribution in [1.82, 2.24) is 0 Å². The average molecular weight is 348 g/mol. The minimum absolute atomic E-state index is 0.213. The molecule has 0 spiro atoms. The van der Waals surface area contributed by atoms with Crippen LogP contribution in [0.4, 0.5) is 0 Å². The maximum Gasteiger partial charge on any atom is 0.374 e. The van der Waals surface area contributed by atoms with Crippen LogP contribution in [0.3, 0.4) is 0 Å². The number of aryl methyl sites for hydroxylation is 2. The third-order valence-corrected chi connectivity index (χ3v) is 4.59. The van der Waals surface area contributed by atoms with Crippen LogP contribution >= 0.6 is 0 Å². The molecule has 1 aromatic heterocycles. The van der Waals surface area contributed by atoms with Gasteiger partial charge in [-0.25, -0.2) is 4.79 Å². The molecule has 0 aliphatic heterocycles. The highest BCUT2D eigenvalue weighted by atomic mass is 16.5. The summed E-state index contributed by atoms with van der Waals surface area (Å²) in [4.78, 5) is 36.5. The van der Waals surface area contributed by atoms with Gasteiger partial charge in [0.2, 0.25) is 5.76 Å². The van der Waals surface area contributed by atoms with E-state index in [1.165, 1.54) is 11.1 Å². The fourth-order valence-electron chi connectivity index (χ4n) is 3.24. The summed E-state index contributed by atoms with van der Waals surface area (Å²) < 4.78 is 10.5. The van der Waals surface area contributed by atoms with Gasteiger partial charge in [0.05, 0.1) is 5.39 Å². The Morgan fingerprint density at radius 2 is 1.81 bits per heavy atom. The number of hydrogen-bond acceptors (Lipinski definition) is 5. The minimum atomic E-state index is -0.831. The third kappa shape index (κ3) is 3.04. The van der Waals surface area contributed by atoms with Crippen molar-refractivity contribution in [3.05, 3.63) is 81.2 Å². The van der Waals surface area contributed by atoms with Gasteiger partial charge in [0.15, 0.2) is 17.8 Å². The summed E-state index contributed by atoms with van der Waals surface area (Å²) in [5.41, 5.74) is 2.96. The summed E-state index contributed by atoms with van der Waals surface area (Å²) in [7, 11) is 0. The van der Waals surface area contributed by atoms with Crippen LogP contribution in [-0.2, 0) is 17.6 Å². The summed E-state index contributed by atoms with van der Waals surface area (Å²) in [6.07, 6.45) is 3.11. The highest BCUT2D eigenvalue weighted by Gasteiger charge is 2.18. The van der Waals surface area contributed by atoms with E-state index in [2.05, 4.69) is 0 Å². The van der Waals surface area contributed by atoms with Crippen LogP contribution in [0.5, 0.6) is 0 Å².